The zero-order chi connectivity index (χ0) is 14.9. The van der Waals surface area contributed by atoms with Gasteiger partial charge < -0.3 is 0 Å². The van der Waals surface area contributed by atoms with Gasteiger partial charge in [0.1, 0.15) is 0 Å². The van der Waals surface area contributed by atoms with Gasteiger partial charge in [0.05, 0.1) is 0 Å². The van der Waals surface area contributed by atoms with Crippen molar-refractivity contribution in [3.63, 3.8) is 0 Å². The molecule has 21 heavy (non-hydrogen) atoms. The van der Waals surface area contributed by atoms with E-state index >= 15 is 0 Å². The van der Waals surface area contributed by atoms with Gasteiger partial charge in [-0.1, -0.05) is 65.7 Å². The minimum Gasteiger partial charge on any atom is -0.169 e. The molecule has 3 saturated carbocycles. The van der Waals surface area contributed by atoms with Gasteiger partial charge in [0.15, 0.2) is 5.70 Å². The average molecular weight is 418 g/mol. The summed E-state index contributed by atoms with van der Waals surface area (Å²) in [5.74, 6) is 0. The first kappa shape index (κ1) is 18.6. The van der Waals surface area contributed by atoms with E-state index < -0.39 is 0 Å². The fraction of sp³-hybridized carbons (Fsp3) is 1.00. The Labute approximate surface area is 149 Å². The van der Waals surface area contributed by atoms with Crippen LogP contribution < -0.4 is 0 Å². The van der Waals surface area contributed by atoms with E-state index in [1.54, 1.807) is 99.4 Å². The van der Waals surface area contributed by atoms with Crippen LogP contribution in [0.15, 0.2) is 0 Å². The first-order valence-electron chi connectivity index (χ1n) is 9.44. The van der Waals surface area contributed by atoms with Crippen LogP contribution in [-0.2, 0) is 0 Å². The highest BCUT2D eigenvalue weighted by molar-refractivity contribution is 14.1. The molecule has 0 aromatic rings. The van der Waals surface area contributed by atoms with Crippen molar-refractivity contribution in [3.05, 3.63) is 0 Å². The molecule has 3 heteroatoms. The Morgan fingerprint density at radius 3 is 0.952 bits per heavy atom. The molecule has 0 aromatic heterocycles. The lowest BCUT2D eigenvalue weighted by atomic mass is 9.99. The summed E-state index contributed by atoms with van der Waals surface area (Å²) in [4.78, 5) is 0. The normalized spacial score (nSPS) is 26.4. The molecule has 3 aliphatic rings. The summed E-state index contributed by atoms with van der Waals surface area (Å²) < 4.78 is 0. The molecule has 0 N–H and O–H groups in total. The van der Waals surface area contributed by atoms with Gasteiger partial charge in [-0.05, 0) is 55.5 Å². The minimum absolute atomic E-state index is 0.385. The molecule has 0 aromatic carbocycles. The molecule has 0 amide bonds. The molecule has 0 atom stereocenters. The topological polar surface area (TPSA) is 0 Å². The summed E-state index contributed by atoms with van der Waals surface area (Å²) in [5.41, 5.74) is 8.04. The summed E-state index contributed by atoms with van der Waals surface area (Å²) in [6.07, 6.45) is 23.6. The van der Waals surface area contributed by atoms with Gasteiger partial charge >= 0.3 is 0 Å². The molecule has 0 spiro atoms. The van der Waals surface area contributed by atoms with Crippen LogP contribution >= 0.6 is 30.3 Å². The maximum Gasteiger partial charge on any atom is 0.169 e. The second-order valence-electron chi connectivity index (χ2n) is 7.32. The first-order valence-corrected chi connectivity index (χ1v) is 12.2. The highest BCUT2D eigenvalue weighted by atomic mass is 127. The Morgan fingerprint density at radius 2 is 0.714 bits per heavy atom. The zero-order valence-electron chi connectivity index (χ0n) is 13.7. The van der Waals surface area contributed by atoms with Crippen molar-refractivity contribution < 1.29 is 0 Å². The third-order valence-corrected chi connectivity index (χ3v) is 10.1. The lowest BCUT2D eigenvalue weighted by molar-refractivity contribution is 0.460. The van der Waals surface area contributed by atoms with Crippen molar-refractivity contribution >= 4 is 36.0 Å². The average Bonchev–Trinajstić information content (AvgIpc) is 2.60. The summed E-state index contributed by atoms with van der Waals surface area (Å²) in [7, 11) is 0.385. The molecule has 0 unspecified atom stereocenters. The second-order valence-corrected chi connectivity index (χ2v) is 10.4. The molecule has 0 saturated heterocycles. The smallest absolute Gasteiger partial charge is 0.169 e. The molecule has 3 rings (SSSR count). The summed E-state index contributed by atoms with van der Waals surface area (Å²) in [6, 6.07) is 0. The number of hydrogen-bond acceptors (Lipinski definition) is 0. The number of hydrogen-bond donors (Lipinski definition) is 0. The summed E-state index contributed by atoms with van der Waals surface area (Å²) in [6.45, 7) is 0. The summed E-state index contributed by atoms with van der Waals surface area (Å²) >= 11 is 1.65. The monoisotopic (exact) mass is 418 g/mol. The van der Waals surface area contributed by atoms with Gasteiger partial charge in [0.2, 0.25) is 0 Å². The SMILES string of the molecule is C1CCC(P(C2CCCCC2)C2CCCCC2)CC1.[B]I. The zero-order valence-corrected chi connectivity index (χ0v) is 16.8. The van der Waals surface area contributed by atoms with Crippen molar-refractivity contribution in [1.29, 1.82) is 0 Å². The molecule has 0 aliphatic heterocycles. The molecule has 3 fully saturated rings. The van der Waals surface area contributed by atoms with E-state index in [2.05, 4.69) is 5.70 Å². The predicted octanol–water partition coefficient (Wildman–Crippen LogP) is 6.97. The van der Waals surface area contributed by atoms with Crippen molar-refractivity contribution in [1.82, 2.24) is 0 Å². The standard InChI is InChI=1S/C18H33P.BI/c1-4-10-16(11-5-1)19(17-12-6-2-7-13-17)18-14-8-3-9-15-18;1-2/h16-18H,1-15H2;. The van der Waals surface area contributed by atoms with Crippen LogP contribution in [0.25, 0.3) is 0 Å². The van der Waals surface area contributed by atoms with Crippen LogP contribution in [0.1, 0.15) is 96.3 Å². The predicted molar refractivity (Wildman–Crippen MR) is 107 cm³/mol. The Morgan fingerprint density at radius 1 is 0.476 bits per heavy atom. The van der Waals surface area contributed by atoms with E-state index in [1.165, 1.54) is 36.2 Å². The quantitative estimate of drug-likeness (QED) is 0.264. The Bertz CT molecular complexity index is 213. The largest absolute Gasteiger partial charge is 0.169 e. The van der Waals surface area contributed by atoms with Crippen molar-refractivity contribution in [2.75, 3.05) is 0 Å². The molecule has 2 radical (unpaired) electrons. The van der Waals surface area contributed by atoms with Crippen molar-refractivity contribution in [2.24, 2.45) is 0 Å². The maximum absolute atomic E-state index is 4.47. The summed E-state index contributed by atoms with van der Waals surface area (Å²) in [5, 5.41) is 0. The van der Waals surface area contributed by atoms with E-state index in [-0.39, 0.29) is 0 Å². The van der Waals surface area contributed by atoms with Gasteiger partial charge in [0, 0.05) is 0 Å². The van der Waals surface area contributed by atoms with Crippen LogP contribution in [0.4, 0.5) is 0 Å². The Balaban J connectivity index is 0.000000774. The minimum atomic E-state index is 0.385. The highest BCUT2D eigenvalue weighted by Gasteiger charge is 2.36. The lowest BCUT2D eigenvalue weighted by Crippen LogP contribution is -2.28. The van der Waals surface area contributed by atoms with Crippen LogP contribution in [-0.4, -0.2) is 22.7 Å². The number of halogens is 1. The third kappa shape index (κ3) is 5.66. The fourth-order valence-electron chi connectivity index (χ4n) is 5.03. The van der Waals surface area contributed by atoms with Crippen LogP contribution in [0, 0.1) is 0 Å². The van der Waals surface area contributed by atoms with Gasteiger partial charge in [-0.15, -0.1) is 0 Å². The van der Waals surface area contributed by atoms with Crippen LogP contribution in [0.3, 0.4) is 0 Å². The Hall–Kier alpha value is 1.22. The van der Waals surface area contributed by atoms with Gasteiger partial charge in [-0.25, -0.2) is 0 Å². The molecular weight excluding hydrogens is 385 g/mol. The van der Waals surface area contributed by atoms with Gasteiger partial charge in [-0.2, -0.15) is 22.4 Å². The van der Waals surface area contributed by atoms with Crippen molar-refractivity contribution in [3.8, 4) is 0 Å². The van der Waals surface area contributed by atoms with Gasteiger partial charge in [-0.3, -0.25) is 0 Å². The van der Waals surface area contributed by atoms with Gasteiger partial charge in [0.25, 0.3) is 0 Å². The van der Waals surface area contributed by atoms with E-state index in [0.29, 0.717) is 7.92 Å². The molecule has 0 nitrogen and oxygen atoms in total. The maximum atomic E-state index is 4.47. The van der Waals surface area contributed by atoms with Crippen molar-refractivity contribution in [2.45, 2.75) is 113 Å². The molecule has 0 bridgehead atoms. The fourth-order valence-corrected chi connectivity index (χ4v) is 9.71. The number of rotatable bonds is 3. The second kappa shape index (κ2) is 10.9. The molecule has 3 aliphatic carbocycles. The van der Waals surface area contributed by atoms with E-state index in [4.69, 9.17) is 0 Å². The first-order chi connectivity index (χ1) is 10.4. The molecule has 120 valence electrons. The van der Waals surface area contributed by atoms with E-state index in [0.717, 1.165) is 0 Å². The lowest BCUT2D eigenvalue weighted by Gasteiger charge is -2.44. The van der Waals surface area contributed by atoms with E-state index in [9.17, 15) is 0 Å². The van der Waals surface area contributed by atoms with Crippen LogP contribution in [0.5, 0.6) is 0 Å². The molecular formula is C18H33BIP. The van der Waals surface area contributed by atoms with E-state index in [1.807, 2.05) is 0 Å². The van der Waals surface area contributed by atoms with Crippen LogP contribution in [0.2, 0.25) is 0 Å². The third-order valence-electron chi connectivity index (χ3n) is 5.99. The highest BCUT2D eigenvalue weighted by Crippen LogP contribution is 2.61. The molecule has 0 heterocycles. The Kier molecular flexibility index (Phi) is 9.63.